The van der Waals surface area contributed by atoms with Crippen LogP contribution in [0.25, 0.3) is 0 Å². The number of thioether (sulfide) groups is 1. The van der Waals surface area contributed by atoms with Crippen LogP contribution in [0.1, 0.15) is 31.2 Å². The van der Waals surface area contributed by atoms with Crippen molar-refractivity contribution in [2.45, 2.75) is 42.8 Å². The maximum Gasteiger partial charge on any atom is 0.240 e. The van der Waals surface area contributed by atoms with Gasteiger partial charge in [-0.3, -0.25) is 0 Å². The predicted octanol–water partition coefficient (Wildman–Crippen LogP) is 3.60. The Labute approximate surface area is 130 Å². The molecule has 0 radical (unpaired) electrons. The Morgan fingerprint density at radius 3 is 2.75 bits per heavy atom. The molecular formula is C14H20ClNO2S2. The second kappa shape index (κ2) is 7.16. The maximum absolute atomic E-state index is 12.2. The number of halogens is 1. The van der Waals surface area contributed by atoms with E-state index in [9.17, 15) is 8.42 Å². The van der Waals surface area contributed by atoms with Crippen LogP contribution in [0.3, 0.4) is 0 Å². The summed E-state index contributed by atoms with van der Waals surface area (Å²) in [5, 5.41) is 1.20. The third-order valence-corrected chi connectivity index (χ3v) is 6.95. The topological polar surface area (TPSA) is 46.2 Å². The summed E-state index contributed by atoms with van der Waals surface area (Å²) >= 11 is 7.85. The van der Waals surface area contributed by atoms with Gasteiger partial charge in [0.1, 0.15) is 0 Å². The zero-order valence-corrected chi connectivity index (χ0v) is 14.0. The summed E-state index contributed by atoms with van der Waals surface area (Å²) in [7, 11) is -3.46. The molecular weight excluding hydrogens is 314 g/mol. The van der Waals surface area contributed by atoms with Crippen molar-refractivity contribution in [2.75, 3.05) is 12.3 Å². The summed E-state index contributed by atoms with van der Waals surface area (Å²) in [6.07, 6.45) is 5.16. The highest BCUT2D eigenvalue weighted by molar-refractivity contribution is 8.00. The first-order chi connectivity index (χ1) is 9.50. The van der Waals surface area contributed by atoms with Crippen molar-refractivity contribution in [2.24, 2.45) is 0 Å². The van der Waals surface area contributed by atoms with Crippen molar-refractivity contribution in [3.05, 3.63) is 28.8 Å². The predicted molar refractivity (Wildman–Crippen MR) is 86.1 cm³/mol. The van der Waals surface area contributed by atoms with E-state index in [0.29, 0.717) is 22.4 Å². The number of nitrogens with one attached hydrogen (secondary N) is 1. The van der Waals surface area contributed by atoms with Crippen molar-refractivity contribution in [1.29, 1.82) is 0 Å². The van der Waals surface area contributed by atoms with Gasteiger partial charge in [-0.15, -0.1) is 0 Å². The van der Waals surface area contributed by atoms with Crippen molar-refractivity contribution in [3.63, 3.8) is 0 Å². The quantitative estimate of drug-likeness (QED) is 0.809. The molecule has 0 amide bonds. The van der Waals surface area contributed by atoms with Crippen molar-refractivity contribution < 1.29 is 8.42 Å². The molecule has 1 aliphatic rings. The molecule has 1 fully saturated rings. The van der Waals surface area contributed by atoms with Crippen LogP contribution in [0.15, 0.2) is 23.1 Å². The van der Waals surface area contributed by atoms with Gasteiger partial charge < -0.3 is 0 Å². The fraction of sp³-hybridized carbons (Fsp3) is 0.571. The summed E-state index contributed by atoms with van der Waals surface area (Å²) in [5.41, 5.74) is 0.602. The van der Waals surface area contributed by atoms with E-state index in [1.165, 1.54) is 25.7 Å². The molecule has 1 aliphatic carbocycles. The Balaban J connectivity index is 1.88. The zero-order valence-electron chi connectivity index (χ0n) is 11.6. The lowest BCUT2D eigenvalue weighted by atomic mass is 10.2. The normalized spacial score (nSPS) is 16.7. The van der Waals surface area contributed by atoms with Crippen LogP contribution < -0.4 is 4.72 Å². The Morgan fingerprint density at radius 1 is 1.35 bits per heavy atom. The largest absolute Gasteiger partial charge is 0.240 e. The van der Waals surface area contributed by atoms with Gasteiger partial charge in [-0.25, -0.2) is 13.1 Å². The lowest BCUT2D eigenvalue weighted by molar-refractivity contribution is 0.583. The SMILES string of the molecule is Cc1c(Cl)cccc1S(=O)(=O)NCCSC1CCCC1. The minimum Gasteiger partial charge on any atom is -0.210 e. The highest BCUT2D eigenvalue weighted by Gasteiger charge is 2.18. The monoisotopic (exact) mass is 333 g/mol. The van der Waals surface area contributed by atoms with E-state index in [2.05, 4.69) is 4.72 Å². The molecule has 6 heteroatoms. The lowest BCUT2D eigenvalue weighted by Gasteiger charge is -2.11. The van der Waals surface area contributed by atoms with Gasteiger partial charge >= 0.3 is 0 Å². The van der Waals surface area contributed by atoms with Crippen LogP contribution in [0.2, 0.25) is 5.02 Å². The van der Waals surface area contributed by atoms with Gasteiger partial charge in [0.15, 0.2) is 0 Å². The summed E-state index contributed by atoms with van der Waals surface area (Å²) in [6.45, 7) is 2.19. The van der Waals surface area contributed by atoms with Crippen molar-refractivity contribution >= 4 is 33.4 Å². The number of benzene rings is 1. The summed E-state index contributed by atoms with van der Waals surface area (Å²) in [4.78, 5) is 0.274. The molecule has 112 valence electrons. The number of hydrogen-bond donors (Lipinski definition) is 1. The van der Waals surface area contributed by atoms with Crippen LogP contribution in [-0.4, -0.2) is 26.0 Å². The fourth-order valence-electron chi connectivity index (χ4n) is 2.41. The van der Waals surface area contributed by atoms with E-state index in [1.807, 2.05) is 11.8 Å². The van der Waals surface area contributed by atoms with Gasteiger partial charge in [-0.1, -0.05) is 30.5 Å². The van der Waals surface area contributed by atoms with Crippen molar-refractivity contribution in [1.82, 2.24) is 4.72 Å². The molecule has 0 saturated heterocycles. The molecule has 1 N–H and O–H groups in total. The summed E-state index contributed by atoms with van der Waals surface area (Å²) in [6, 6.07) is 4.96. The molecule has 0 bridgehead atoms. The number of rotatable bonds is 6. The molecule has 0 aliphatic heterocycles. The van der Waals surface area contributed by atoms with Crippen LogP contribution in [0.5, 0.6) is 0 Å². The Bertz CT molecular complexity index is 554. The third-order valence-electron chi connectivity index (χ3n) is 3.56. The smallest absolute Gasteiger partial charge is 0.210 e. The van der Waals surface area contributed by atoms with E-state index in [4.69, 9.17) is 11.6 Å². The molecule has 0 unspecified atom stereocenters. The Hall–Kier alpha value is -0.230. The fourth-order valence-corrected chi connectivity index (χ4v) is 5.29. The zero-order chi connectivity index (χ0) is 14.6. The molecule has 0 spiro atoms. The van der Waals surface area contributed by atoms with Gasteiger partial charge in [0.05, 0.1) is 4.90 Å². The van der Waals surface area contributed by atoms with E-state index >= 15 is 0 Å². The van der Waals surface area contributed by atoms with Gasteiger partial charge in [-0.2, -0.15) is 11.8 Å². The van der Waals surface area contributed by atoms with Gasteiger partial charge in [0, 0.05) is 22.6 Å². The summed E-state index contributed by atoms with van der Waals surface area (Å²) in [5.74, 6) is 0.823. The molecule has 1 aromatic carbocycles. The lowest BCUT2D eigenvalue weighted by Crippen LogP contribution is -2.27. The molecule has 0 atom stereocenters. The van der Waals surface area contributed by atoms with E-state index < -0.39 is 10.0 Å². The minimum atomic E-state index is -3.46. The van der Waals surface area contributed by atoms with Crippen molar-refractivity contribution in [3.8, 4) is 0 Å². The van der Waals surface area contributed by atoms with E-state index in [-0.39, 0.29) is 4.90 Å². The first-order valence-electron chi connectivity index (χ1n) is 6.87. The second-order valence-electron chi connectivity index (χ2n) is 5.04. The highest BCUT2D eigenvalue weighted by Crippen LogP contribution is 2.29. The van der Waals surface area contributed by atoms with Gasteiger partial charge in [0.2, 0.25) is 10.0 Å². The highest BCUT2D eigenvalue weighted by atomic mass is 35.5. The number of sulfonamides is 1. The number of hydrogen-bond acceptors (Lipinski definition) is 3. The average molecular weight is 334 g/mol. The molecule has 0 heterocycles. The van der Waals surface area contributed by atoms with E-state index in [0.717, 1.165) is 5.75 Å². The molecule has 2 rings (SSSR count). The van der Waals surface area contributed by atoms with E-state index in [1.54, 1.807) is 25.1 Å². The van der Waals surface area contributed by atoms with Crippen LogP contribution in [0, 0.1) is 6.92 Å². The van der Waals surface area contributed by atoms with Gasteiger partial charge in [0.25, 0.3) is 0 Å². The van der Waals surface area contributed by atoms with Crippen LogP contribution >= 0.6 is 23.4 Å². The molecule has 0 aromatic heterocycles. The average Bonchev–Trinajstić information content (AvgIpc) is 2.91. The molecule has 1 saturated carbocycles. The van der Waals surface area contributed by atoms with Gasteiger partial charge in [-0.05, 0) is 37.5 Å². The first-order valence-corrected chi connectivity index (χ1v) is 9.78. The Morgan fingerprint density at radius 2 is 2.05 bits per heavy atom. The maximum atomic E-state index is 12.2. The minimum absolute atomic E-state index is 0.274. The molecule has 3 nitrogen and oxygen atoms in total. The molecule has 1 aromatic rings. The molecule has 20 heavy (non-hydrogen) atoms. The second-order valence-corrected chi connectivity index (χ2v) is 8.59. The van der Waals surface area contributed by atoms with Crippen LogP contribution in [-0.2, 0) is 10.0 Å². The summed E-state index contributed by atoms with van der Waals surface area (Å²) < 4.78 is 27.1. The first kappa shape index (κ1) is 16.1. The van der Waals surface area contributed by atoms with Crippen LogP contribution in [0.4, 0.5) is 0 Å². The standard InChI is InChI=1S/C14H20ClNO2S2/c1-11-13(15)7-4-8-14(11)20(17,18)16-9-10-19-12-5-2-3-6-12/h4,7-8,12,16H,2-3,5-6,9-10H2,1H3. The Kier molecular flexibility index (Phi) is 5.78. The third kappa shape index (κ3) is 4.13.